The summed E-state index contributed by atoms with van der Waals surface area (Å²) in [4.78, 5) is 13.7. The zero-order valence-corrected chi connectivity index (χ0v) is 6.32. The molecule has 1 heterocycles. The zero-order chi connectivity index (χ0) is 8.27. The molecule has 0 fully saturated rings. The average Bonchev–Trinajstić information content (AvgIpc) is 2.31. The summed E-state index contributed by atoms with van der Waals surface area (Å²) in [7, 11) is 0. The molecule has 0 saturated carbocycles. The van der Waals surface area contributed by atoms with Gasteiger partial charge >= 0.3 is 5.97 Å². The second-order valence-corrected chi connectivity index (χ2v) is 2.26. The average molecular weight is 176 g/mol. The van der Waals surface area contributed by atoms with E-state index in [1.54, 1.807) is 0 Å². The Kier molecular flexibility index (Phi) is 2.43. The van der Waals surface area contributed by atoms with Gasteiger partial charge in [-0.1, -0.05) is 0 Å². The lowest BCUT2D eigenvalue weighted by Crippen LogP contribution is -2.04. The first-order chi connectivity index (χ1) is 5.18. The number of aryl methyl sites for hydroxylation is 1. The van der Waals surface area contributed by atoms with Gasteiger partial charge in [0.25, 0.3) is 0 Å². The molecule has 0 bridgehead atoms. The first kappa shape index (κ1) is 8.00. The van der Waals surface area contributed by atoms with Crippen LogP contribution < -0.4 is 0 Å². The third kappa shape index (κ3) is 2.55. The smallest absolute Gasteiger partial charge is 0.305 e. The van der Waals surface area contributed by atoms with Crippen LogP contribution in [0.2, 0.25) is 5.28 Å². The molecule has 1 rings (SSSR count). The molecule has 0 unspecified atom stereocenters. The monoisotopic (exact) mass is 175 g/mol. The molecule has 0 aliphatic heterocycles. The van der Waals surface area contributed by atoms with E-state index >= 15 is 0 Å². The van der Waals surface area contributed by atoms with Crippen LogP contribution in [-0.2, 0) is 11.3 Å². The number of hydrogen-bond acceptors (Lipinski definition) is 3. The lowest BCUT2D eigenvalue weighted by atomic mass is 10.4. The number of halogens is 1. The topological polar surface area (TPSA) is 68.0 Å². The van der Waals surface area contributed by atoms with E-state index < -0.39 is 5.97 Å². The number of carboxylic acids is 1. The first-order valence-electron chi connectivity index (χ1n) is 2.95. The fraction of sp³-hybridized carbons (Fsp3) is 0.400. The highest BCUT2D eigenvalue weighted by Crippen LogP contribution is 1.97. The highest BCUT2D eigenvalue weighted by molar-refractivity contribution is 6.28. The Morgan fingerprint density at radius 2 is 2.55 bits per heavy atom. The predicted molar refractivity (Wildman–Crippen MR) is 37.3 cm³/mol. The second kappa shape index (κ2) is 3.34. The van der Waals surface area contributed by atoms with E-state index in [0.29, 0.717) is 6.54 Å². The summed E-state index contributed by atoms with van der Waals surface area (Å²) in [5.74, 6) is -0.864. The van der Waals surface area contributed by atoms with Crippen LogP contribution in [0.5, 0.6) is 0 Å². The molecule has 1 aromatic heterocycles. The van der Waals surface area contributed by atoms with Gasteiger partial charge in [0.1, 0.15) is 6.33 Å². The molecule has 0 amide bonds. The van der Waals surface area contributed by atoms with Gasteiger partial charge in [0.2, 0.25) is 5.28 Å². The SMILES string of the molecule is O=C(O)CCn1cnc(Cl)n1. The number of rotatable bonds is 3. The summed E-state index contributed by atoms with van der Waals surface area (Å²) in [6.45, 7) is 0.301. The Bertz CT molecular complexity index is 260. The Labute approximate surface area is 67.6 Å². The van der Waals surface area contributed by atoms with Crippen LogP contribution in [0, 0.1) is 0 Å². The predicted octanol–water partition coefficient (Wildman–Crippen LogP) is 0.406. The van der Waals surface area contributed by atoms with E-state index in [2.05, 4.69) is 10.1 Å². The van der Waals surface area contributed by atoms with Crippen LogP contribution in [0.1, 0.15) is 6.42 Å². The maximum Gasteiger partial charge on any atom is 0.305 e. The first-order valence-corrected chi connectivity index (χ1v) is 3.33. The molecule has 0 aromatic carbocycles. The van der Waals surface area contributed by atoms with Gasteiger partial charge in [0, 0.05) is 0 Å². The largest absolute Gasteiger partial charge is 0.481 e. The molecular weight excluding hydrogens is 170 g/mol. The summed E-state index contributed by atoms with van der Waals surface area (Å²) >= 11 is 5.39. The third-order valence-electron chi connectivity index (χ3n) is 1.06. The molecule has 1 N–H and O–H groups in total. The van der Waals surface area contributed by atoms with E-state index in [-0.39, 0.29) is 11.7 Å². The Balaban J connectivity index is 2.45. The second-order valence-electron chi connectivity index (χ2n) is 1.92. The molecule has 60 valence electrons. The number of hydrogen-bond donors (Lipinski definition) is 1. The van der Waals surface area contributed by atoms with Gasteiger partial charge in [-0.2, -0.15) is 0 Å². The lowest BCUT2D eigenvalue weighted by molar-refractivity contribution is -0.137. The normalized spacial score (nSPS) is 9.91. The van der Waals surface area contributed by atoms with Gasteiger partial charge in [0.15, 0.2) is 0 Å². The fourth-order valence-corrected chi connectivity index (χ4v) is 0.731. The summed E-state index contributed by atoms with van der Waals surface area (Å²) in [6, 6.07) is 0. The van der Waals surface area contributed by atoms with Crippen LogP contribution >= 0.6 is 11.6 Å². The Morgan fingerprint density at radius 1 is 1.82 bits per heavy atom. The van der Waals surface area contributed by atoms with Crippen LogP contribution in [0.25, 0.3) is 0 Å². The number of aromatic nitrogens is 3. The quantitative estimate of drug-likeness (QED) is 0.723. The molecule has 0 aliphatic carbocycles. The van der Waals surface area contributed by atoms with Crippen molar-refractivity contribution >= 4 is 17.6 Å². The number of nitrogens with zero attached hydrogens (tertiary/aromatic N) is 3. The van der Waals surface area contributed by atoms with Crippen molar-refractivity contribution in [2.45, 2.75) is 13.0 Å². The van der Waals surface area contributed by atoms with Crippen LogP contribution in [0.3, 0.4) is 0 Å². The van der Waals surface area contributed by atoms with E-state index in [4.69, 9.17) is 16.7 Å². The minimum atomic E-state index is -0.864. The van der Waals surface area contributed by atoms with Crippen molar-refractivity contribution in [2.75, 3.05) is 0 Å². The summed E-state index contributed by atoms with van der Waals surface area (Å²) < 4.78 is 1.39. The Morgan fingerprint density at radius 3 is 3.00 bits per heavy atom. The van der Waals surface area contributed by atoms with Crippen molar-refractivity contribution in [2.24, 2.45) is 0 Å². The number of carboxylic acid groups (broad SMARTS) is 1. The van der Waals surface area contributed by atoms with Gasteiger partial charge in [-0.15, -0.1) is 5.10 Å². The maximum atomic E-state index is 10.1. The van der Waals surface area contributed by atoms with E-state index in [1.165, 1.54) is 11.0 Å². The highest BCUT2D eigenvalue weighted by atomic mass is 35.5. The minimum absolute atomic E-state index is 0.0275. The molecule has 0 aliphatic rings. The van der Waals surface area contributed by atoms with Crippen molar-refractivity contribution < 1.29 is 9.90 Å². The zero-order valence-electron chi connectivity index (χ0n) is 5.57. The molecule has 1 aromatic rings. The molecule has 0 atom stereocenters. The van der Waals surface area contributed by atoms with Gasteiger partial charge in [-0.25, -0.2) is 4.98 Å². The van der Waals surface area contributed by atoms with Crippen LogP contribution in [-0.4, -0.2) is 25.8 Å². The molecular formula is C5H6ClN3O2. The van der Waals surface area contributed by atoms with Gasteiger partial charge in [-0.3, -0.25) is 9.48 Å². The van der Waals surface area contributed by atoms with E-state index in [1.807, 2.05) is 0 Å². The summed E-state index contributed by atoms with van der Waals surface area (Å²) in [5, 5.41) is 12.1. The van der Waals surface area contributed by atoms with Crippen molar-refractivity contribution in [3.05, 3.63) is 11.6 Å². The van der Waals surface area contributed by atoms with Crippen molar-refractivity contribution in [3.63, 3.8) is 0 Å². The molecule has 0 spiro atoms. The standard InChI is InChI=1S/C5H6ClN3O2/c6-5-7-3-9(8-5)2-1-4(10)11/h3H,1-2H2,(H,10,11). The lowest BCUT2D eigenvalue weighted by Gasteiger charge is -1.93. The fourth-order valence-electron chi connectivity index (χ4n) is 0.590. The molecule has 6 heteroatoms. The van der Waals surface area contributed by atoms with E-state index in [0.717, 1.165) is 0 Å². The van der Waals surface area contributed by atoms with Crippen LogP contribution in [0.15, 0.2) is 6.33 Å². The number of aliphatic carboxylic acids is 1. The maximum absolute atomic E-state index is 10.1. The van der Waals surface area contributed by atoms with Crippen molar-refractivity contribution in [1.82, 2.24) is 14.8 Å². The molecule has 0 radical (unpaired) electrons. The minimum Gasteiger partial charge on any atom is -0.481 e. The van der Waals surface area contributed by atoms with Crippen molar-refractivity contribution in [1.29, 1.82) is 0 Å². The highest BCUT2D eigenvalue weighted by Gasteiger charge is 1.99. The summed E-state index contributed by atoms with van der Waals surface area (Å²) in [5.41, 5.74) is 0. The Hall–Kier alpha value is -1.10. The molecule has 11 heavy (non-hydrogen) atoms. The van der Waals surface area contributed by atoms with Gasteiger partial charge < -0.3 is 5.11 Å². The van der Waals surface area contributed by atoms with Crippen molar-refractivity contribution in [3.8, 4) is 0 Å². The van der Waals surface area contributed by atoms with E-state index in [9.17, 15) is 4.79 Å². The van der Waals surface area contributed by atoms with Crippen LogP contribution in [0.4, 0.5) is 0 Å². The number of carbonyl (C=O) groups is 1. The van der Waals surface area contributed by atoms with Gasteiger partial charge in [-0.05, 0) is 11.6 Å². The molecule has 5 nitrogen and oxygen atoms in total. The molecule has 0 saturated heterocycles. The van der Waals surface area contributed by atoms with Gasteiger partial charge in [0.05, 0.1) is 13.0 Å². The third-order valence-corrected chi connectivity index (χ3v) is 1.24. The summed E-state index contributed by atoms with van der Waals surface area (Å²) in [6.07, 6.45) is 1.42.